The molecular weight excluding hydrogens is 376 g/mol. The van der Waals surface area contributed by atoms with Crippen molar-refractivity contribution in [3.05, 3.63) is 109 Å². The molecule has 0 aliphatic carbocycles. The summed E-state index contributed by atoms with van der Waals surface area (Å²) in [6, 6.07) is 33.1. The largest absolute Gasteiger partial charge is 0.508 e. The number of phenols is 4. The van der Waals surface area contributed by atoms with Crippen LogP contribution in [0.2, 0.25) is 0 Å². The van der Waals surface area contributed by atoms with Crippen molar-refractivity contribution in [1.29, 1.82) is 0 Å². The summed E-state index contributed by atoms with van der Waals surface area (Å²) >= 11 is 0. The summed E-state index contributed by atoms with van der Waals surface area (Å²) in [6.07, 6.45) is 0. The molecule has 0 aliphatic rings. The monoisotopic (exact) mass is 398 g/mol. The van der Waals surface area contributed by atoms with Crippen molar-refractivity contribution in [3.63, 3.8) is 0 Å². The zero-order chi connectivity index (χ0) is 21.3. The molecule has 5 aromatic carbocycles. The molecule has 0 saturated heterocycles. The minimum Gasteiger partial charge on any atom is -0.508 e. The summed E-state index contributed by atoms with van der Waals surface area (Å²) < 4.78 is 0. The van der Waals surface area contributed by atoms with Gasteiger partial charge < -0.3 is 20.4 Å². The average molecular weight is 398 g/mol. The molecule has 150 valence electrons. The fourth-order valence-electron chi connectivity index (χ4n) is 2.87. The molecule has 5 aromatic rings. The predicted molar refractivity (Wildman–Crippen MR) is 121 cm³/mol. The molecule has 0 radical (unpaired) electrons. The number of fused-ring (bicyclic) bond motifs is 2. The van der Waals surface area contributed by atoms with Gasteiger partial charge in [0.25, 0.3) is 0 Å². The van der Waals surface area contributed by atoms with Crippen molar-refractivity contribution in [2.24, 2.45) is 0 Å². The quantitative estimate of drug-likeness (QED) is 0.235. The first kappa shape index (κ1) is 20.6. The lowest BCUT2D eigenvalue weighted by Crippen LogP contribution is -1.74. The van der Waals surface area contributed by atoms with E-state index in [1.54, 1.807) is 12.1 Å². The van der Waals surface area contributed by atoms with Crippen molar-refractivity contribution in [2.75, 3.05) is 0 Å². The van der Waals surface area contributed by atoms with E-state index in [4.69, 9.17) is 20.4 Å². The number of aromatic hydroxyl groups is 4. The summed E-state index contributed by atoms with van der Waals surface area (Å²) in [5, 5.41) is 39.9. The van der Waals surface area contributed by atoms with Crippen molar-refractivity contribution < 1.29 is 20.4 Å². The molecule has 4 nitrogen and oxygen atoms in total. The zero-order valence-electron chi connectivity index (χ0n) is 16.2. The summed E-state index contributed by atoms with van der Waals surface area (Å²) in [4.78, 5) is 0. The summed E-state index contributed by atoms with van der Waals surface area (Å²) in [6.45, 7) is 0. The van der Waals surface area contributed by atoms with Crippen LogP contribution >= 0.6 is 0 Å². The molecular formula is C26H22O4. The fraction of sp³-hybridized carbons (Fsp3) is 0. The third-order valence-electron chi connectivity index (χ3n) is 4.27. The molecule has 0 atom stereocenters. The predicted octanol–water partition coefficient (Wildman–Crippen LogP) is 6.19. The van der Waals surface area contributed by atoms with E-state index < -0.39 is 0 Å². The van der Waals surface area contributed by atoms with Crippen LogP contribution in [-0.4, -0.2) is 20.4 Å². The lowest BCUT2D eigenvalue weighted by Gasteiger charge is -2.00. The smallest absolute Gasteiger partial charge is 0.119 e. The molecule has 0 aliphatic heterocycles. The van der Waals surface area contributed by atoms with Crippen LogP contribution in [0.3, 0.4) is 0 Å². The molecule has 0 heterocycles. The van der Waals surface area contributed by atoms with Crippen LogP contribution in [0, 0.1) is 0 Å². The third-order valence-corrected chi connectivity index (χ3v) is 4.27. The van der Waals surface area contributed by atoms with Crippen LogP contribution in [0.5, 0.6) is 23.0 Å². The molecule has 5 rings (SSSR count). The lowest BCUT2D eigenvalue weighted by atomic mass is 10.0. The fourth-order valence-corrected chi connectivity index (χ4v) is 2.87. The summed E-state index contributed by atoms with van der Waals surface area (Å²) in [5.41, 5.74) is 0. The van der Waals surface area contributed by atoms with Crippen molar-refractivity contribution in [3.8, 4) is 23.0 Å². The van der Waals surface area contributed by atoms with Gasteiger partial charge in [-0.25, -0.2) is 0 Å². The standard InChI is InChI=1S/C14H10.2C6H6O2/c1-2-6-12-10-14-8-4-3-7-13(14)9-11(12)5-1;2*7-5-2-1-3-6(8)4-5/h1-10H;2*1-4,7-8H. The molecule has 0 saturated carbocycles. The van der Waals surface area contributed by atoms with Gasteiger partial charge in [0.15, 0.2) is 0 Å². The van der Waals surface area contributed by atoms with E-state index in [1.165, 1.54) is 57.9 Å². The number of phenolic OH excluding ortho intramolecular Hbond substituents is 4. The zero-order valence-corrected chi connectivity index (χ0v) is 16.2. The number of benzene rings is 5. The normalized spacial score (nSPS) is 9.87. The Balaban J connectivity index is 0.000000138. The van der Waals surface area contributed by atoms with Gasteiger partial charge in [0.1, 0.15) is 23.0 Å². The maximum absolute atomic E-state index is 8.65. The third kappa shape index (κ3) is 5.91. The second-order valence-electron chi connectivity index (χ2n) is 6.59. The van der Waals surface area contributed by atoms with Gasteiger partial charge in [-0.1, -0.05) is 60.7 Å². The highest BCUT2D eigenvalue weighted by Gasteiger charge is 1.95. The first-order valence-corrected chi connectivity index (χ1v) is 9.35. The number of rotatable bonds is 0. The van der Waals surface area contributed by atoms with Crippen LogP contribution in [0.1, 0.15) is 0 Å². The molecule has 0 aromatic heterocycles. The van der Waals surface area contributed by atoms with Crippen molar-refractivity contribution >= 4 is 21.5 Å². The second kappa shape index (κ2) is 9.85. The van der Waals surface area contributed by atoms with Gasteiger partial charge in [0.2, 0.25) is 0 Å². The Morgan fingerprint density at radius 2 is 0.567 bits per heavy atom. The van der Waals surface area contributed by atoms with Crippen LogP contribution in [0.25, 0.3) is 21.5 Å². The van der Waals surface area contributed by atoms with Crippen LogP contribution in [-0.2, 0) is 0 Å². The highest BCUT2D eigenvalue weighted by molar-refractivity contribution is 5.98. The van der Waals surface area contributed by atoms with Gasteiger partial charge in [-0.05, 0) is 57.9 Å². The van der Waals surface area contributed by atoms with E-state index in [1.807, 2.05) is 0 Å². The first-order valence-electron chi connectivity index (χ1n) is 9.35. The SMILES string of the molecule is Oc1cccc(O)c1.Oc1cccc(O)c1.c1ccc2cc3ccccc3cc2c1. The highest BCUT2D eigenvalue weighted by atomic mass is 16.3. The molecule has 4 N–H and O–H groups in total. The van der Waals surface area contributed by atoms with Crippen LogP contribution in [0.15, 0.2) is 109 Å². The maximum Gasteiger partial charge on any atom is 0.119 e. The van der Waals surface area contributed by atoms with E-state index in [0.29, 0.717) is 0 Å². The van der Waals surface area contributed by atoms with E-state index in [2.05, 4.69) is 60.7 Å². The van der Waals surface area contributed by atoms with Gasteiger partial charge in [-0.3, -0.25) is 0 Å². The Labute approximate surface area is 174 Å². The van der Waals surface area contributed by atoms with Crippen LogP contribution < -0.4 is 0 Å². The van der Waals surface area contributed by atoms with Gasteiger partial charge in [0, 0.05) is 12.1 Å². The lowest BCUT2D eigenvalue weighted by molar-refractivity contribution is 0.449. The highest BCUT2D eigenvalue weighted by Crippen LogP contribution is 2.22. The molecule has 0 spiro atoms. The van der Waals surface area contributed by atoms with Crippen molar-refractivity contribution in [1.82, 2.24) is 0 Å². The Bertz CT molecular complexity index is 1060. The molecule has 30 heavy (non-hydrogen) atoms. The maximum atomic E-state index is 8.65. The molecule has 0 unspecified atom stereocenters. The Morgan fingerprint density at radius 1 is 0.300 bits per heavy atom. The van der Waals surface area contributed by atoms with Crippen LogP contribution in [0.4, 0.5) is 0 Å². The van der Waals surface area contributed by atoms with Gasteiger partial charge in [0.05, 0.1) is 0 Å². The topological polar surface area (TPSA) is 80.9 Å². The first-order chi connectivity index (χ1) is 14.5. The van der Waals surface area contributed by atoms with Gasteiger partial charge in [-0.15, -0.1) is 0 Å². The van der Waals surface area contributed by atoms with Gasteiger partial charge >= 0.3 is 0 Å². The number of hydrogen-bond acceptors (Lipinski definition) is 4. The summed E-state index contributed by atoms with van der Waals surface area (Å²) in [7, 11) is 0. The van der Waals surface area contributed by atoms with E-state index in [9.17, 15) is 0 Å². The minimum atomic E-state index is 0.0880. The van der Waals surface area contributed by atoms with Crippen molar-refractivity contribution in [2.45, 2.75) is 0 Å². The molecule has 0 fully saturated rings. The number of hydrogen-bond donors (Lipinski definition) is 4. The molecule has 0 bridgehead atoms. The van der Waals surface area contributed by atoms with E-state index in [0.717, 1.165) is 0 Å². The Kier molecular flexibility index (Phi) is 6.74. The minimum absolute atomic E-state index is 0.0880. The second-order valence-corrected chi connectivity index (χ2v) is 6.59. The Morgan fingerprint density at radius 3 is 0.767 bits per heavy atom. The average Bonchev–Trinajstić information content (AvgIpc) is 2.73. The van der Waals surface area contributed by atoms with E-state index >= 15 is 0 Å². The summed E-state index contributed by atoms with van der Waals surface area (Å²) in [5.74, 6) is 0.352. The molecule has 4 heteroatoms. The Hall–Kier alpha value is -4.18. The molecule has 0 amide bonds. The van der Waals surface area contributed by atoms with E-state index in [-0.39, 0.29) is 23.0 Å². The van der Waals surface area contributed by atoms with Gasteiger partial charge in [-0.2, -0.15) is 0 Å².